The van der Waals surface area contributed by atoms with Crippen molar-refractivity contribution < 1.29 is 38.1 Å². The van der Waals surface area contributed by atoms with Crippen molar-refractivity contribution in [3.8, 4) is 5.75 Å². The molecule has 2 N–H and O–H groups in total. The third-order valence-corrected chi connectivity index (χ3v) is 8.70. The van der Waals surface area contributed by atoms with Crippen LogP contribution >= 0.6 is 11.6 Å². The summed E-state index contributed by atoms with van der Waals surface area (Å²) in [7, 11) is 1.51. The van der Waals surface area contributed by atoms with Gasteiger partial charge in [-0.15, -0.1) is 0 Å². The van der Waals surface area contributed by atoms with Gasteiger partial charge in [-0.25, -0.2) is 4.79 Å². The average Bonchev–Trinajstić information content (AvgIpc) is 3.83. The summed E-state index contributed by atoms with van der Waals surface area (Å²) in [6, 6.07) is 13.9. The van der Waals surface area contributed by atoms with Crippen molar-refractivity contribution >= 4 is 35.4 Å². The number of halogens is 1. The van der Waals surface area contributed by atoms with Crippen LogP contribution in [-0.4, -0.2) is 61.8 Å². The van der Waals surface area contributed by atoms with Gasteiger partial charge in [-0.05, 0) is 55.5 Å². The smallest absolute Gasteiger partial charge is 0.347 e. The van der Waals surface area contributed by atoms with Crippen LogP contribution in [-0.2, 0) is 39.8 Å². The minimum absolute atomic E-state index is 0.0228. The van der Waals surface area contributed by atoms with E-state index in [-0.39, 0.29) is 49.9 Å². The van der Waals surface area contributed by atoms with Gasteiger partial charge in [0.2, 0.25) is 11.8 Å². The van der Waals surface area contributed by atoms with Crippen molar-refractivity contribution in [2.75, 3.05) is 13.7 Å². The lowest BCUT2D eigenvalue weighted by Crippen LogP contribution is -2.51. The fraction of sp³-hybridized carbons (Fsp3) is 0.500. The summed E-state index contributed by atoms with van der Waals surface area (Å²) >= 11 is 6.32. The molecule has 4 rings (SSSR count). The number of benzene rings is 2. The van der Waals surface area contributed by atoms with E-state index in [4.69, 9.17) is 30.5 Å². The minimum atomic E-state index is -1.20. The molecule has 2 aromatic carbocycles. The molecule has 47 heavy (non-hydrogen) atoms. The lowest BCUT2D eigenvalue weighted by molar-refractivity contribution is -0.179. The topological polar surface area (TPSA) is 133 Å². The summed E-state index contributed by atoms with van der Waals surface area (Å²) in [5.41, 5.74) is 0.524. The third kappa shape index (κ3) is 9.81. The molecule has 0 aliphatic carbocycles. The standard InChI is InChI=1S/C36H45ClN2O8/c1-21(2)17-29-34(42)45-27(22(3)31-32(47-31)24-11-8-7-9-12-24)13-10-14-30(40)39-26(19-23-15-16-28(44-6)25(37)18-23)33(41)38-20-36(4,5)35(43)46-29/h7-12,14-16,18,21-22,26-27,29,31-32H,13,17,19-20H2,1-6H3,(H,38,41)(H,39,40)/b14-10+/t22-,26?,27-,29-,31-,32-/m0/s1. The molecule has 1 fully saturated rings. The maximum absolute atomic E-state index is 13.6. The summed E-state index contributed by atoms with van der Waals surface area (Å²) in [6.45, 7) is 8.92. The average molecular weight is 669 g/mol. The largest absolute Gasteiger partial charge is 0.495 e. The summed E-state index contributed by atoms with van der Waals surface area (Å²) in [5.74, 6) is -2.06. The predicted octanol–water partition coefficient (Wildman–Crippen LogP) is 5.12. The Balaban J connectivity index is 1.61. The summed E-state index contributed by atoms with van der Waals surface area (Å²) in [6.07, 6.45) is 1.34. The van der Waals surface area contributed by atoms with Crippen LogP contribution in [0.25, 0.3) is 0 Å². The molecule has 2 amide bonds. The maximum Gasteiger partial charge on any atom is 0.347 e. The summed E-state index contributed by atoms with van der Waals surface area (Å²) in [5, 5.41) is 5.91. The van der Waals surface area contributed by atoms with E-state index in [1.165, 1.54) is 13.2 Å². The molecule has 0 bridgehead atoms. The van der Waals surface area contributed by atoms with Crippen molar-refractivity contribution in [2.24, 2.45) is 17.3 Å². The van der Waals surface area contributed by atoms with Gasteiger partial charge < -0.3 is 29.6 Å². The van der Waals surface area contributed by atoms with E-state index in [1.807, 2.05) is 51.1 Å². The molecule has 1 unspecified atom stereocenters. The Morgan fingerprint density at radius 3 is 2.40 bits per heavy atom. The monoisotopic (exact) mass is 668 g/mol. The van der Waals surface area contributed by atoms with E-state index < -0.39 is 47.4 Å². The number of epoxide rings is 1. The molecule has 11 heteroatoms. The van der Waals surface area contributed by atoms with Crippen LogP contribution in [0.4, 0.5) is 0 Å². The number of nitrogens with one attached hydrogen (secondary N) is 2. The number of carbonyl (C=O) groups is 4. The van der Waals surface area contributed by atoms with Crippen LogP contribution in [0.3, 0.4) is 0 Å². The summed E-state index contributed by atoms with van der Waals surface area (Å²) in [4.78, 5) is 53.6. The van der Waals surface area contributed by atoms with Gasteiger partial charge >= 0.3 is 11.9 Å². The zero-order valence-corrected chi connectivity index (χ0v) is 28.5. The van der Waals surface area contributed by atoms with E-state index in [2.05, 4.69) is 10.6 Å². The minimum Gasteiger partial charge on any atom is -0.495 e. The van der Waals surface area contributed by atoms with E-state index >= 15 is 0 Å². The molecular weight excluding hydrogens is 624 g/mol. The normalized spacial score (nSPS) is 26.8. The van der Waals surface area contributed by atoms with Crippen LogP contribution < -0.4 is 15.4 Å². The molecule has 2 aliphatic rings. The Morgan fingerprint density at radius 1 is 1.02 bits per heavy atom. The Kier molecular flexibility index (Phi) is 12.1. The first-order valence-corrected chi connectivity index (χ1v) is 16.4. The number of amides is 2. The van der Waals surface area contributed by atoms with Gasteiger partial charge in [-0.3, -0.25) is 14.4 Å². The number of rotatable bonds is 8. The second kappa shape index (κ2) is 15.8. The van der Waals surface area contributed by atoms with E-state index in [1.54, 1.807) is 38.1 Å². The molecule has 10 nitrogen and oxygen atoms in total. The van der Waals surface area contributed by atoms with Gasteiger partial charge in [0.05, 0.1) is 23.7 Å². The quantitative estimate of drug-likeness (QED) is 0.293. The predicted molar refractivity (Wildman–Crippen MR) is 177 cm³/mol. The molecule has 0 saturated carbocycles. The zero-order valence-electron chi connectivity index (χ0n) is 27.8. The highest BCUT2D eigenvalue weighted by atomic mass is 35.5. The second-order valence-electron chi connectivity index (χ2n) is 13.3. The van der Waals surface area contributed by atoms with Crippen LogP contribution in [0.15, 0.2) is 60.7 Å². The first-order chi connectivity index (χ1) is 22.3. The molecule has 0 spiro atoms. The summed E-state index contributed by atoms with van der Waals surface area (Å²) < 4.78 is 23.1. The number of hydrogen-bond acceptors (Lipinski definition) is 8. The zero-order chi connectivity index (χ0) is 34.3. The van der Waals surface area contributed by atoms with Gasteiger partial charge in [0.1, 0.15) is 24.0 Å². The fourth-order valence-electron chi connectivity index (χ4n) is 5.46. The van der Waals surface area contributed by atoms with Gasteiger partial charge in [0.25, 0.3) is 0 Å². The first-order valence-electron chi connectivity index (χ1n) is 16.0. The van der Waals surface area contributed by atoms with Crippen molar-refractivity contribution in [1.82, 2.24) is 10.6 Å². The van der Waals surface area contributed by atoms with Crippen LogP contribution in [0, 0.1) is 17.3 Å². The Hall–Kier alpha value is -3.89. The van der Waals surface area contributed by atoms with Crippen molar-refractivity contribution in [3.05, 3.63) is 76.8 Å². The van der Waals surface area contributed by atoms with Crippen LogP contribution in [0.1, 0.15) is 64.7 Å². The van der Waals surface area contributed by atoms with Gasteiger partial charge in [0.15, 0.2) is 6.10 Å². The molecule has 254 valence electrons. The van der Waals surface area contributed by atoms with Crippen LogP contribution in [0.2, 0.25) is 5.02 Å². The molecule has 2 aliphatic heterocycles. The molecule has 0 radical (unpaired) electrons. The van der Waals surface area contributed by atoms with Gasteiger partial charge in [0, 0.05) is 25.3 Å². The Labute approximate surface area is 281 Å². The van der Waals surface area contributed by atoms with Crippen molar-refractivity contribution in [3.63, 3.8) is 0 Å². The number of carbonyl (C=O) groups excluding carboxylic acids is 4. The maximum atomic E-state index is 13.6. The highest BCUT2D eigenvalue weighted by Crippen LogP contribution is 2.45. The lowest BCUT2D eigenvalue weighted by atomic mass is 9.92. The van der Waals surface area contributed by atoms with E-state index in [0.717, 1.165) is 5.56 Å². The van der Waals surface area contributed by atoms with E-state index in [9.17, 15) is 19.2 Å². The molecule has 1 saturated heterocycles. The van der Waals surface area contributed by atoms with Gasteiger partial charge in [-0.1, -0.05) is 74.8 Å². The Morgan fingerprint density at radius 2 is 1.74 bits per heavy atom. The van der Waals surface area contributed by atoms with Crippen molar-refractivity contribution in [2.45, 2.75) is 84.3 Å². The third-order valence-electron chi connectivity index (χ3n) is 8.41. The number of methoxy groups -OCH3 is 1. The molecule has 2 aromatic rings. The van der Waals surface area contributed by atoms with Crippen molar-refractivity contribution in [1.29, 1.82) is 0 Å². The molecule has 0 aromatic heterocycles. The Bertz CT molecular complexity index is 1460. The van der Waals surface area contributed by atoms with Crippen LogP contribution in [0.5, 0.6) is 5.75 Å². The van der Waals surface area contributed by atoms with Gasteiger partial charge in [-0.2, -0.15) is 0 Å². The number of esters is 2. The van der Waals surface area contributed by atoms with E-state index in [0.29, 0.717) is 16.3 Å². The number of hydrogen-bond donors (Lipinski definition) is 2. The molecule has 2 heterocycles. The molecule has 6 atom stereocenters. The first kappa shape index (κ1) is 36.0. The fourth-order valence-corrected chi connectivity index (χ4v) is 5.75. The lowest BCUT2D eigenvalue weighted by Gasteiger charge is -2.29. The number of cyclic esters (lactones) is 2. The second-order valence-corrected chi connectivity index (χ2v) is 13.7. The SMILES string of the molecule is COc1ccc(CC2NC(=O)/C=C/C[C@@H]([C@H](C)[C@@H]3O[C@H]3c3ccccc3)OC(=O)[C@H](CC(C)C)OC(=O)C(C)(C)CNC2=O)cc1Cl. The highest BCUT2D eigenvalue weighted by molar-refractivity contribution is 6.32. The molecular formula is C36H45ClN2O8. The number of ether oxygens (including phenoxy) is 4. The highest BCUT2D eigenvalue weighted by Gasteiger charge is 2.48.